The summed E-state index contributed by atoms with van der Waals surface area (Å²) in [5.41, 5.74) is -0.854. The van der Waals surface area contributed by atoms with Crippen molar-refractivity contribution in [2.24, 2.45) is 47.3 Å². The van der Waals surface area contributed by atoms with Crippen molar-refractivity contribution in [3.63, 3.8) is 0 Å². The van der Waals surface area contributed by atoms with E-state index in [0.29, 0.717) is 68.3 Å². The second-order valence-corrected chi connectivity index (χ2v) is 45.0. The first kappa shape index (κ1) is 80.2. The van der Waals surface area contributed by atoms with E-state index in [1.165, 1.54) is 216 Å². The van der Waals surface area contributed by atoms with Crippen LogP contribution in [-0.2, 0) is 76.9 Å². The Hall–Kier alpha value is -6.23. The molecule has 8 bridgehead atoms. The number of fused-ring (bicyclic) bond motifs is 4. The highest BCUT2D eigenvalue weighted by Gasteiger charge is 2.57. The van der Waals surface area contributed by atoms with Crippen LogP contribution in [0.15, 0.2) is 165 Å². The fraction of sp³-hybridized carbons (Fsp3) is 0.566. The number of benzene rings is 8. The average molecular weight is 1620 g/mol. The van der Waals surface area contributed by atoms with Gasteiger partial charge in [0.15, 0.2) is 46.2 Å². The van der Waals surface area contributed by atoms with Gasteiger partial charge in [0.1, 0.15) is 85.8 Å². The molecule has 11 nitrogen and oxygen atoms in total. The quantitative estimate of drug-likeness (QED) is 0.0295. The molecule has 0 radical (unpaired) electrons. The molecule has 14 aliphatic rings. The van der Waals surface area contributed by atoms with Crippen LogP contribution in [0.2, 0.25) is 0 Å². The normalized spacial score (nSPS) is 27.3. The zero-order valence-electron chi connectivity index (χ0n) is 68.2. The Balaban J connectivity index is 0.000000110. The standard InChI is InChI=1S/C27H33O3S.C26H33O2S.2C23H29O3S/c1-27(20-13-18-12-19(15-20)16-21(27)14-18)30-26(28)17-29-24-8-9-25(31-10-4-5-11-31)23-7-3-2-6-22(23)24;1-4-10-29(11-5-1)25-9-8-24(22-6-2-3-7-23(22)25)27-17-28-26-20-13-18-12-19(15-20)16-21(26)14-18;1-23(13-5-2-6-14-23)26-22(24)17-25-20-11-12-21(27-15-7-8-16-27)19-10-4-3-9-18(19)20;1-2-23(13-5-6-14-23)26-22(24)17-25-20-11-12-21(27-15-7-8-16-27)19-10-4-3-9-18(19)20/h2-3,6-9,18-21H,4-5,10-17H2,1H3;2-3,6-9,18-21,26H,1,4-5,10-17H2;2*3-4,9-12H,2,5-8,13-17H2,1H3/q4*+1. The fourth-order valence-corrected chi connectivity index (χ4v) is 33.0. The molecule has 8 aromatic carbocycles. The number of esters is 3. The molecule has 4 saturated heterocycles. The van der Waals surface area contributed by atoms with Crippen molar-refractivity contribution in [1.82, 2.24) is 0 Å². The Bertz CT molecular complexity index is 4580. The minimum Gasteiger partial charge on any atom is -0.481 e. The van der Waals surface area contributed by atoms with Gasteiger partial charge in [0, 0.05) is 86.7 Å². The van der Waals surface area contributed by atoms with Crippen molar-refractivity contribution in [3.8, 4) is 23.0 Å². The van der Waals surface area contributed by atoms with Crippen LogP contribution in [0.4, 0.5) is 0 Å². The Morgan fingerprint density at radius 2 is 0.640 bits per heavy atom. The first-order chi connectivity index (χ1) is 55.8. The maximum Gasteiger partial charge on any atom is 0.344 e. The maximum absolute atomic E-state index is 12.9. The molecule has 22 rings (SSSR count). The molecule has 0 unspecified atom stereocenters. The van der Waals surface area contributed by atoms with Gasteiger partial charge in [-0.3, -0.25) is 0 Å². The van der Waals surface area contributed by atoms with Crippen LogP contribution >= 0.6 is 0 Å². The predicted octanol–water partition coefficient (Wildman–Crippen LogP) is 22.4. The molecule has 15 heteroatoms. The number of hydrogen-bond donors (Lipinski definition) is 0. The number of hydrogen-bond acceptors (Lipinski definition) is 11. The Labute approximate surface area is 690 Å². The number of carbonyl (C=O) groups is 3. The van der Waals surface area contributed by atoms with Crippen molar-refractivity contribution in [1.29, 1.82) is 0 Å². The third-order valence-corrected chi connectivity index (χ3v) is 38.7. The minimum atomic E-state index is -0.311. The van der Waals surface area contributed by atoms with Gasteiger partial charge in [-0.15, -0.1) is 0 Å². The number of rotatable bonds is 21. The van der Waals surface area contributed by atoms with Crippen molar-refractivity contribution in [2.75, 3.05) is 72.6 Å². The van der Waals surface area contributed by atoms with Crippen LogP contribution in [0.1, 0.15) is 207 Å². The third-order valence-electron chi connectivity index (χ3n) is 28.5. The maximum atomic E-state index is 12.9. The molecular weight excluding hydrogens is 1490 g/mol. The molecule has 114 heavy (non-hydrogen) atoms. The van der Waals surface area contributed by atoms with Crippen molar-refractivity contribution >= 4 is 105 Å². The fourth-order valence-electron chi connectivity index (χ4n) is 23.0. The van der Waals surface area contributed by atoms with E-state index >= 15 is 0 Å². The van der Waals surface area contributed by atoms with Crippen LogP contribution in [0.25, 0.3) is 43.1 Å². The largest absolute Gasteiger partial charge is 0.481 e. The van der Waals surface area contributed by atoms with Crippen LogP contribution in [0.5, 0.6) is 23.0 Å². The molecule has 0 spiro atoms. The zero-order chi connectivity index (χ0) is 77.6. The Morgan fingerprint density at radius 3 is 1.01 bits per heavy atom. The smallest absolute Gasteiger partial charge is 0.344 e. The molecule has 4 aliphatic heterocycles. The van der Waals surface area contributed by atoms with Gasteiger partial charge in [0.05, 0.1) is 6.10 Å². The number of ether oxygens (including phenoxy) is 8. The van der Waals surface area contributed by atoms with Gasteiger partial charge >= 0.3 is 17.9 Å². The predicted molar refractivity (Wildman–Crippen MR) is 469 cm³/mol. The molecule has 0 N–H and O–H groups in total. The van der Waals surface area contributed by atoms with Gasteiger partial charge in [-0.1, -0.05) is 86.1 Å². The van der Waals surface area contributed by atoms with Crippen LogP contribution in [0, 0.1) is 47.3 Å². The summed E-state index contributed by atoms with van der Waals surface area (Å²) in [4.78, 5) is 43.6. The van der Waals surface area contributed by atoms with Crippen LogP contribution in [0.3, 0.4) is 0 Å². The summed E-state index contributed by atoms with van der Waals surface area (Å²) in [7, 11) is 1.48. The van der Waals surface area contributed by atoms with E-state index in [1.807, 2.05) is 24.3 Å². The second kappa shape index (κ2) is 36.6. The lowest BCUT2D eigenvalue weighted by Gasteiger charge is -2.59. The summed E-state index contributed by atoms with van der Waals surface area (Å²) in [5, 5.41) is 9.81. The van der Waals surface area contributed by atoms with Crippen molar-refractivity contribution in [3.05, 3.63) is 146 Å². The Morgan fingerprint density at radius 1 is 0.333 bits per heavy atom. The van der Waals surface area contributed by atoms with Gasteiger partial charge in [0.25, 0.3) is 0 Å². The SMILES string of the molecule is CC1(OC(=O)COc2ccc([S+]3CCCC3)c3ccccc23)C2CC3CC(C2)CC1C3.CC1(OC(=O)COc2ccc([S+]3CCCC3)c3ccccc23)CCCCC1.CCC1(OC(=O)COc2ccc([S+]3CCCC3)c3ccccc23)CCCC1.c1ccc2c([S+]3CCCCC3)ccc(OCOC3C4CC5CC(C4)CC3C5)c2c1. The molecule has 4 heterocycles. The van der Waals surface area contributed by atoms with E-state index in [2.05, 4.69) is 142 Å². The molecule has 10 aliphatic carbocycles. The molecular formula is C99H124O11S4+4. The molecule has 606 valence electrons. The highest BCUT2D eigenvalue weighted by atomic mass is 32.2. The van der Waals surface area contributed by atoms with E-state index in [-0.39, 0.29) is 54.5 Å². The lowest BCUT2D eigenvalue weighted by Crippen LogP contribution is -2.58. The lowest BCUT2D eigenvalue weighted by atomic mass is 9.50. The summed E-state index contributed by atoms with van der Waals surface area (Å²) in [6.45, 7) is 6.72. The molecule has 0 aromatic heterocycles. The molecule has 0 amide bonds. The molecule has 8 aromatic rings. The molecule has 14 fully saturated rings. The van der Waals surface area contributed by atoms with Crippen molar-refractivity contribution < 1.29 is 52.3 Å². The Kier molecular flexibility index (Phi) is 25.7. The topological polar surface area (TPSA) is 125 Å². The van der Waals surface area contributed by atoms with E-state index in [9.17, 15) is 14.4 Å². The van der Waals surface area contributed by atoms with Gasteiger partial charge in [-0.2, -0.15) is 0 Å². The van der Waals surface area contributed by atoms with Crippen LogP contribution < -0.4 is 18.9 Å². The summed E-state index contributed by atoms with van der Waals surface area (Å²) in [6, 6.07) is 51.5. The molecule has 0 atom stereocenters. The van der Waals surface area contributed by atoms with Gasteiger partial charge < -0.3 is 37.9 Å². The van der Waals surface area contributed by atoms with Gasteiger partial charge in [0.2, 0.25) is 0 Å². The summed E-state index contributed by atoms with van der Waals surface area (Å²) in [5.74, 6) is 19.6. The monoisotopic (exact) mass is 1620 g/mol. The lowest BCUT2D eigenvalue weighted by molar-refractivity contribution is -0.204. The summed E-state index contributed by atoms with van der Waals surface area (Å²) >= 11 is 0. The summed E-state index contributed by atoms with van der Waals surface area (Å²) < 4.78 is 48.3. The van der Waals surface area contributed by atoms with E-state index in [0.717, 1.165) is 132 Å². The summed E-state index contributed by atoms with van der Waals surface area (Å²) in [6.07, 6.45) is 36.7. The van der Waals surface area contributed by atoms with Gasteiger partial charge in [-0.05, 0) is 314 Å². The zero-order valence-corrected chi connectivity index (χ0v) is 71.4. The average Bonchev–Trinajstić information content (AvgIpc) is 0.740. The minimum absolute atomic E-state index is 0.00303. The second-order valence-electron chi connectivity index (χ2n) is 36.1. The molecule has 10 saturated carbocycles. The van der Waals surface area contributed by atoms with Crippen molar-refractivity contribution in [2.45, 2.75) is 249 Å². The van der Waals surface area contributed by atoms with Gasteiger partial charge in [-0.25, -0.2) is 14.4 Å². The van der Waals surface area contributed by atoms with E-state index in [4.69, 9.17) is 37.9 Å². The third kappa shape index (κ3) is 18.2. The van der Waals surface area contributed by atoms with Crippen LogP contribution in [-0.4, -0.2) is 113 Å². The van der Waals surface area contributed by atoms with E-state index < -0.39 is 0 Å². The highest BCUT2D eigenvalue weighted by Crippen LogP contribution is 2.60. The number of carbonyl (C=O) groups excluding carboxylic acids is 3. The first-order valence-electron chi connectivity index (χ1n) is 44.4. The first-order valence-corrected chi connectivity index (χ1v) is 50.6. The van der Waals surface area contributed by atoms with E-state index in [1.54, 1.807) is 4.90 Å². The highest BCUT2D eigenvalue weighted by molar-refractivity contribution is 7.98.